The van der Waals surface area contributed by atoms with Gasteiger partial charge in [0.2, 0.25) is 5.91 Å². The van der Waals surface area contributed by atoms with Crippen molar-refractivity contribution in [2.45, 2.75) is 51.4 Å². The molecule has 1 aromatic carbocycles. The molecule has 1 fully saturated rings. The summed E-state index contributed by atoms with van der Waals surface area (Å²) in [5, 5.41) is 9.56. The van der Waals surface area contributed by atoms with Crippen LogP contribution in [-0.2, 0) is 11.2 Å². The maximum atomic E-state index is 11.4. The van der Waals surface area contributed by atoms with E-state index in [1.165, 1.54) is 38.5 Å². The fraction of sp³-hybridized carbons (Fsp3) is 0.619. The Morgan fingerprint density at radius 1 is 1.21 bits per heavy atom. The van der Waals surface area contributed by atoms with Crippen molar-refractivity contribution in [1.29, 1.82) is 0 Å². The van der Waals surface area contributed by atoms with Crippen LogP contribution in [0.2, 0.25) is 0 Å². The van der Waals surface area contributed by atoms with Gasteiger partial charge in [0.15, 0.2) is 5.96 Å². The molecule has 1 aliphatic heterocycles. The van der Waals surface area contributed by atoms with E-state index in [1.807, 2.05) is 18.2 Å². The van der Waals surface area contributed by atoms with Crippen LogP contribution in [0.15, 0.2) is 23.2 Å². The van der Waals surface area contributed by atoms with E-state index in [0.29, 0.717) is 19.6 Å². The number of rotatable bonds is 8. The van der Waals surface area contributed by atoms with Crippen molar-refractivity contribution in [3.8, 4) is 5.75 Å². The van der Waals surface area contributed by atoms with Gasteiger partial charge in [-0.3, -0.25) is 9.79 Å². The molecule has 0 radical (unpaired) electrons. The summed E-state index contributed by atoms with van der Waals surface area (Å²) in [4.78, 5) is 15.7. The van der Waals surface area contributed by atoms with Crippen LogP contribution in [0.3, 0.4) is 0 Å². The number of nitrogens with zero attached hydrogens (tertiary/aromatic N) is 1. The molecular formula is C21H33IN4O2. The molecule has 0 spiro atoms. The number of aliphatic imine (C=N–C) groups is 1. The molecule has 0 saturated heterocycles. The standard InChI is InChI=1S/C21H32N4O2.HI/c1-22-21(23-12-4-7-16-5-2-3-6-16)24-13-14-27-18-9-10-19-17(15-18)8-11-20(26)25-19;/h9-10,15-16H,2-8,11-14H2,1H3,(H,25,26)(H2,22,23,24);1H. The topological polar surface area (TPSA) is 74.8 Å². The number of hydrogen-bond donors (Lipinski definition) is 3. The maximum Gasteiger partial charge on any atom is 0.224 e. The molecule has 7 heteroatoms. The molecule has 1 aromatic rings. The Balaban J connectivity index is 0.00000280. The molecule has 0 atom stereocenters. The van der Waals surface area contributed by atoms with Gasteiger partial charge in [-0.25, -0.2) is 0 Å². The third-order valence-corrected chi connectivity index (χ3v) is 5.42. The second-order valence-electron chi connectivity index (χ2n) is 7.43. The van der Waals surface area contributed by atoms with E-state index in [9.17, 15) is 4.79 Å². The van der Waals surface area contributed by atoms with Gasteiger partial charge in [-0.2, -0.15) is 0 Å². The van der Waals surface area contributed by atoms with E-state index >= 15 is 0 Å². The van der Waals surface area contributed by atoms with Gasteiger partial charge in [-0.15, -0.1) is 24.0 Å². The number of ether oxygens (including phenoxy) is 1. The number of anilines is 1. The van der Waals surface area contributed by atoms with Crippen LogP contribution in [-0.4, -0.2) is 38.6 Å². The molecule has 3 N–H and O–H groups in total. The fourth-order valence-corrected chi connectivity index (χ4v) is 3.91. The van der Waals surface area contributed by atoms with E-state index < -0.39 is 0 Å². The number of carbonyl (C=O) groups excluding carboxylic acids is 1. The molecule has 0 aromatic heterocycles. The summed E-state index contributed by atoms with van der Waals surface area (Å²) in [7, 11) is 1.80. The minimum atomic E-state index is 0. The predicted molar refractivity (Wildman–Crippen MR) is 125 cm³/mol. The second kappa shape index (κ2) is 12.1. The van der Waals surface area contributed by atoms with Crippen molar-refractivity contribution in [3.05, 3.63) is 23.8 Å². The lowest BCUT2D eigenvalue weighted by Gasteiger charge is -2.18. The van der Waals surface area contributed by atoms with Crippen LogP contribution < -0.4 is 20.7 Å². The summed E-state index contributed by atoms with van der Waals surface area (Å²) in [5.74, 6) is 2.70. The molecule has 156 valence electrons. The van der Waals surface area contributed by atoms with Gasteiger partial charge in [0, 0.05) is 25.7 Å². The largest absolute Gasteiger partial charge is 0.492 e. The Morgan fingerprint density at radius 3 is 2.79 bits per heavy atom. The molecule has 1 amide bonds. The van der Waals surface area contributed by atoms with Crippen LogP contribution in [0, 0.1) is 5.92 Å². The van der Waals surface area contributed by atoms with Gasteiger partial charge in [-0.05, 0) is 48.9 Å². The number of fused-ring (bicyclic) bond motifs is 1. The summed E-state index contributed by atoms with van der Waals surface area (Å²) >= 11 is 0. The SMILES string of the molecule is CN=C(NCCCC1CCCC1)NCCOc1ccc2c(c1)CCC(=O)N2.I. The number of hydrogen-bond acceptors (Lipinski definition) is 3. The first-order valence-corrected chi connectivity index (χ1v) is 10.2. The third-order valence-electron chi connectivity index (χ3n) is 5.42. The minimum Gasteiger partial charge on any atom is -0.492 e. The summed E-state index contributed by atoms with van der Waals surface area (Å²) in [6.45, 7) is 2.22. The summed E-state index contributed by atoms with van der Waals surface area (Å²) in [6, 6.07) is 5.84. The first kappa shape index (κ1) is 22.8. The summed E-state index contributed by atoms with van der Waals surface area (Å²) in [6.07, 6.45) is 9.51. The lowest BCUT2D eigenvalue weighted by atomic mass is 10.0. The average Bonchev–Trinajstić information content (AvgIpc) is 3.20. The number of halogens is 1. The van der Waals surface area contributed by atoms with Crippen LogP contribution in [0.1, 0.15) is 50.5 Å². The highest BCUT2D eigenvalue weighted by Crippen LogP contribution is 2.28. The maximum absolute atomic E-state index is 11.4. The first-order valence-electron chi connectivity index (χ1n) is 10.2. The predicted octanol–water partition coefficient (Wildman–Crippen LogP) is 3.70. The van der Waals surface area contributed by atoms with Crippen LogP contribution in [0.5, 0.6) is 5.75 Å². The number of nitrogens with one attached hydrogen (secondary N) is 3. The number of carbonyl (C=O) groups is 1. The zero-order valence-electron chi connectivity index (χ0n) is 16.8. The van der Waals surface area contributed by atoms with Crippen molar-refractivity contribution < 1.29 is 9.53 Å². The zero-order chi connectivity index (χ0) is 18.9. The highest BCUT2D eigenvalue weighted by molar-refractivity contribution is 14.0. The molecule has 28 heavy (non-hydrogen) atoms. The van der Waals surface area contributed by atoms with Gasteiger partial charge in [0.05, 0.1) is 6.54 Å². The van der Waals surface area contributed by atoms with Crippen LogP contribution >= 0.6 is 24.0 Å². The van der Waals surface area contributed by atoms with Gasteiger partial charge in [0.1, 0.15) is 12.4 Å². The van der Waals surface area contributed by atoms with Crippen LogP contribution in [0.4, 0.5) is 5.69 Å². The highest BCUT2D eigenvalue weighted by Gasteiger charge is 2.15. The van der Waals surface area contributed by atoms with E-state index in [2.05, 4.69) is 20.9 Å². The van der Waals surface area contributed by atoms with Crippen molar-refractivity contribution in [2.24, 2.45) is 10.9 Å². The van der Waals surface area contributed by atoms with E-state index in [0.717, 1.165) is 41.8 Å². The van der Waals surface area contributed by atoms with Crippen molar-refractivity contribution in [2.75, 3.05) is 32.1 Å². The Morgan fingerprint density at radius 2 is 2.00 bits per heavy atom. The molecular weight excluding hydrogens is 467 g/mol. The fourth-order valence-electron chi connectivity index (χ4n) is 3.91. The smallest absolute Gasteiger partial charge is 0.224 e. The Bertz CT molecular complexity index is 660. The second-order valence-corrected chi connectivity index (χ2v) is 7.43. The Labute approximate surface area is 185 Å². The lowest BCUT2D eigenvalue weighted by Crippen LogP contribution is -2.39. The molecule has 6 nitrogen and oxygen atoms in total. The third kappa shape index (κ3) is 7.14. The zero-order valence-corrected chi connectivity index (χ0v) is 19.1. The molecule has 1 aliphatic carbocycles. The number of benzene rings is 1. The first-order chi connectivity index (χ1) is 13.2. The molecule has 0 unspecified atom stereocenters. The Kier molecular flexibility index (Phi) is 9.87. The van der Waals surface area contributed by atoms with Gasteiger partial charge >= 0.3 is 0 Å². The van der Waals surface area contributed by atoms with Crippen molar-refractivity contribution in [1.82, 2.24) is 10.6 Å². The number of aryl methyl sites for hydroxylation is 1. The van der Waals surface area contributed by atoms with Crippen LogP contribution in [0.25, 0.3) is 0 Å². The summed E-state index contributed by atoms with van der Waals surface area (Å²) in [5.41, 5.74) is 2.04. The lowest BCUT2D eigenvalue weighted by molar-refractivity contribution is -0.116. The molecule has 0 bridgehead atoms. The summed E-state index contributed by atoms with van der Waals surface area (Å²) < 4.78 is 5.83. The Hall–Kier alpha value is -1.51. The van der Waals surface area contributed by atoms with Crippen molar-refractivity contribution in [3.63, 3.8) is 0 Å². The quantitative estimate of drug-likeness (QED) is 0.220. The van der Waals surface area contributed by atoms with Gasteiger partial charge in [-0.1, -0.05) is 25.7 Å². The minimum absolute atomic E-state index is 0. The number of amides is 1. The molecule has 1 heterocycles. The molecule has 1 saturated carbocycles. The van der Waals surface area contributed by atoms with E-state index in [4.69, 9.17) is 4.74 Å². The number of guanidine groups is 1. The van der Waals surface area contributed by atoms with E-state index in [-0.39, 0.29) is 29.9 Å². The van der Waals surface area contributed by atoms with Gasteiger partial charge < -0.3 is 20.7 Å². The van der Waals surface area contributed by atoms with Gasteiger partial charge in [0.25, 0.3) is 0 Å². The highest BCUT2D eigenvalue weighted by atomic mass is 127. The molecule has 3 rings (SSSR count). The average molecular weight is 500 g/mol. The monoisotopic (exact) mass is 500 g/mol. The van der Waals surface area contributed by atoms with E-state index in [1.54, 1.807) is 7.05 Å². The normalized spacial score (nSPS) is 16.8. The van der Waals surface area contributed by atoms with Crippen molar-refractivity contribution >= 4 is 41.5 Å². The molecule has 2 aliphatic rings.